The van der Waals surface area contributed by atoms with Crippen LogP contribution in [0.25, 0.3) is 0 Å². The first kappa shape index (κ1) is 8.27. The van der Waals surface area contributed by atoms with Crippen LogP contribution in [0.15, 0.2) is 12.3 Å². The fourth-order valence-electron chi connectivity index (χ4n) is 0.770. The molecule has 3 heteroatoms. The molecule has 0 fully saturated rings. The lowest BCUT2D eigenvalue weighted by Gasteiger charge is -2.03. The lowest BCUT2D eigenvalue weighted by molar-refractivity contribution is 0.0948. The van der Waals surface area contributed by atoms with Crippen LogP contribution in [-0.2, 0) is 11.3 Å². The summed E-state index contributed by atoms with van der Waals surface area (Å²) < 4.78 is 5.36. The molecule has 1 rings (SSSR count). The molecule has 0 spiro atoms. The van der Waals surface area contributed by atoms with E-state index in [1.807, 2.05) is 6.07 Å². The van der Waals surface area contributed by atoms with Crippen molar-refractivity contribution < 1.29 is 4.74 Å². The van der Waals surface area contributed by atoms with E-state index in [1.54, 1.807) is 6.20 Å². The number of aromatic amines is 1. The zero-order valence-electron chi connectivity index (χ0n) is 7.00. The Balaban J connectivity index is 2.14. The van der Waals surface area contributed by atoms with Gasteiger partial charge in [-0.15, -0.1) is 0 Å². The summed E-state index contributed by atoms with van der Waals surface area (Å²) in [4.78, 5) is 0. The minimum absolute atomic E-state index is 0.592. The Labute approximate surface area is 66.8 Å². The van der Waals surface area contributed by atoms with Gasteiger partial charge in [-0.2, -0.15) is 5.10 Å². The van der Waals surface area contributed by atoms with E-state index in [9.17, 15) is 0 Å². The third-order valence-corrected chi connectivity index (χ3v) is 1.26. The zero-order chi connectivity index (χ0) is 8.10. The second-order valence-corrected chi connectivity index (χ2v) is 2.97. The van der Waals surface area contributed by atoms with Gasteiger partial charge < -0.3 is 4.74 Å². The predicted octanol–water partition coefficient (Wildman–Crippen LogP) is 1.58. The lowest BCUT2D eigenvalue weighted by atomic mass is 10.2. The normalized spacial score (nSPS) is 10.8. The molecule has 0 saturated carbocycles. The van der Waals surface area contributed by atoms with E-state index in [0.717, 1.165) is 12.3 Å². The molecule has 0 aliphatic rings. The summed E-state index contributed by atoms with van der Waals surface area (Å²) in [6.45, 7) is 5.67. The quantitative estimate of drug-likeness (QED) is 0.715. The Hall–Kier alpha value is -0.830. The lowest BCUT2D eigenvalue weighted by Crippen LogP contribution is -2.01. The second-order valence-electron chi connectivity index (χ2n) is 2.97. The molecule has 0 radical (unpaired) electrons. The van der Waals surface area contributed by atoms with Gasteiger partial charge >= 0.3 is 0 Å². The minimum Gasteiger partial charge on any atom is -0.375 e. The third-order valence-electron chi connectivity index (χ3n) is 1.26. The van der Waals surface area contributed by atoms with Gasteiger partial charge in [-0.1, -0.05) is 13.8 Å². The van der Waals surface area contributed by atoms with Crippen LogP contribution in [0, 0.1) is 5.92 Å². The van der Waals surface area contributed by atoms with Crippen LogP contribution >= 0.6 is 0 Å². The summed E-state index contributed by atoms with van der Waals surface area (Å²) in [6, 6.07) is 1.92. The van der Waals surface area contributed by atoms with Gasteiger partial charge in [0.05, 0.1) is 12.3 Å². The number of rotatable bonds is 4. The van der Waals surface area contributed by atoms with E-state index in [1.165, 1.54) is 0 Å². The number of aromatic nitrogens is 2. The monoisotopic (exact) mass is 154 g/mol. The summed E-state index contributed by atoms with van der Waals surface area (Å²) >= 11 is 0. The predicted molar refractivity (Wildman–Crippen MR) is 43.1 cm³/mol. The van der Waals surface area contributed by atoms with Crippen LogP contribution in [0.5, 0.6) is 0 Å². The van der Waals surface area contributed by atoms with E-state index in [0.29, 0.717) is 12.5 Å². The van der Waals surface area contributed by atoms with Gasteiger partial charge in [0.25, 0.3) is 0 Å². The molecule has 1 aromatic heterocycles. The van der Waals surface area contributed by atoms with Crippen molar-refractivity contribution in [2.24, 2.45) is 5.92 Å². The van der Waals surface area contributed by atoms with E-state index in [2.05, 4.69) is 24.0 Å². The fourth-order valence-corrected chi connectivity index (χ4v) is 0.770. The number of ether oxygens (including phenoxy) is 1. The Bertz CT molecular complexity index is 182. The molecule has 0 aliphatic heterocycles. The first-order chi connectivity index (χ1) is 5.29. The average Bonchev–Trinajstić information content (AvgIpc) is 2.39. The van der Waals surface area contributed by atoms with Gasteiger partial charge in [0, 0.05) is 12.8 Å². The van der Waals surface area contributed by atoms with Gasteiger partial charge in [-0.25, -0.2) is 0 Å². The van der Waals surface area contributed by atoms with Crippen LogP contribution in [0.1, 0.15) is 19.5 Å². The summed E-state index contributed by atoms with van der Waals surface area (Å²) in [7, 11) is 0. The molecule has 62 valence electrons. The molecule has 1 heterocycles. The summed E-state index contributed by atoms with van der Waals surface area (Å²) in [5, 5.41) is 6.70. The Morgan fingerprint density at radius 1 is 1.64 bits per heavy atom. The van der Waals surface area contributed by atoms with Crippen molar-refractivity contribution in [3.05, 3.63) is 18.0 Å². The number of nitrogens with zero attached hydrogens (tertiary/aromatic N) is 1. The molecule has 0 aliphatic carbocycles. The largest absolute Gasteiger partial charge is 0.375 e. The van der Waals surface area contributed by atoms with E-state index in [-0.39, 0.29) is 0 Å². The zero-order valence-corrected chi connectivity index (χ0v) is 7.00. The van der Waals surface area contributed by atoms with Gasteiger partial charge in [0.2, 0.25) is 0 Å². The van der Waals surface area contributed by atoms with Gasteiger partial charge in [0.15, 0.2) is 0 Å². The molecular weight excluding hydrogens is 140 g/mol. The minimum atomic E-state index is 0.592. The van der Waals surface area contributed by atoms with E-state index < -0.39 is 0 Å². The maximum atomic E-state index is 5.36. The molecule has 0 saturated heterocycles. The van der Waals surface area contributed by atoms with Gasteiger partial charge in [0.1, 0.15) is 0 Å². The smallest absolute Gasteiger partial charge is 0.0906 e. The number of hydrogen-bond donors (Lipinski definition) is 1. The van der Waals surface area contributed by atoms with Crippen LogP contribution in [-0.4, -0.2) is 16.8 Å². The Morgan fingerprint density at radius 2 is 2.45 bits per heavy atom. The summed E-state index contributed by atoms with van der Waals surface area (Å²) in [6.07, 6.45) is 1.80. The van der Waals surface area contributed by atoms with E-state index in [4.69, 9.17) is 4.74 Å². The first-order valence-electron chi connectivity index (χ1n) is 3.85. The molecule has 0 atom stereocenters. The molecule has 1 N–H and O–H groups in total. The van der Waals surface area contributed by atoms with Crippen LogP contribution < -0.4 is 0 Å². The Kier molecular flexibility index (Phi) is 3.11. The SMILES string of the molecule is CC(C)COCc1cc[nH]n1. The molecule has 0 unspecified atom stereocenters. The molecule has 3 nitrogen and oxygen atoms in total. The second kappa shape index (κ2) is 4.13. The van der Waals surface area contributed by atoms with Crippen molar-refractivity contribution in [2.45, 2.75) is 20.5 Å². The number of hydrogen-bond acceptors (Lipinski definition) is 2. The Morgan fingerprint density at radius 3 is 3.00 bits per heavy atom. The molecule has 11 heavy (non-hydrogen) atoms. The highest BCUT2D eigenvalue weighted by Gasteiger charge is 1.96. The highest BCUT2D eigenvalue weighted by Crippen LogP contribution is 1.98. The molecular formula is C8H14N2O. The van der Waals surface area contributed by atoms with Gasteiger partial charge in [-0.05, 0) is 12.0 Å². The molecule has 0 aromatic carbocycles. The topological polar surface area (TPSA) is 37.9 Å². The molecule has 1 aromatic rings. The first-order valence-corrected chi connectivity index (χ1v) is 3.85. The highest BCUT2D eigenvalue weighted by atomic mass is 16.5. The maximum Gasteiger partial charge on any atom is 0.0906 e. The average molecular weight is 154 g/mol. The molecule has 0 bridgehead atoms. The molecule has 0 amide bonds. The standard InChI is InChI=1S/C8H14N2O/c1-7(2)5-11-6-8-3-4-9-10-8/h3-4,7H,5-6H2,1-2H3,(H,9,10). The van der Waals surface area contributed by atoms with Crippen molar-refractivity contribution in [2.75, 3.05) is 6.61 Å². The van der Waals surface area contributed by atoms with Crippen molar-refractivity contribution in [1.82, 2.24) is 10.2 Å². The van der Waals surface area contributed by atoms with Crippen molar-refractivity contribution in [3.8, 4) is 0 Å². The number of H-pyrrole nitrogens is 1. The van der Waals surface area contributed by atoms with Crippen molar-refractivity contribution in [1.29, 1.82) is 0 Å². The van der Waals surface area contributed by atoms with Crippen LogP contribution in [0.2, 0.25) is 0 Å². The fraction of sp³-hybridized carbons (Fsp3) is 0.625. The highest BCUT2D eigenvalue weighted by molar-refractivity contribution is 4.94. The maximum absolute atomic E-state index is 5.36. The van der Waals surface area contributed by atoms with Crippen LogP contribution in [0.4, 0.5) is 0 Å². The summed E-state index contributed by atoms with van der Waals surface area (Å²) in [5.74, 6) is 0.592. The van der Waals surface area contributed by atoms with Crippen LogP contribution in [0.3, 0.4) is 0 Å². The number of nitrogens with one attached hydrogen (secondary N) is 1. The summed E-state index contributed by atoms with van der Waals surface area (Å²) in [5.41, 5.74) is 0.964. The van der Waals surface area contributed by atoms with Crippen molar-refractivity contribution >= 4 is 0 Å². The third kappa shape index (κ3) is 3.18. The van der Waals surface area contributed by atoms with Gasteiger partial charge in [-0.3, -0.25) is 5.10 Å². The van der Waals surface area contributed by atoms with Crippen molar-refractivity contribution in [3.63, 3.8) is 0 Å². The van der Waals surface area contributed by atoms with E-state index >= 15 is 0 Å².